The predicted molar refractivity (Wildman–Crippen MR) is 153 cm³/mol. The fourth-order valence-corrected chi connectivity index (χ4v) is 5.29. The molecule has 168 valence electrons. The highest BCUT2D eigenvalue weighted by Gasteiger charge is 2.16. The number of carbonyl (C=O) groups excluding carboxylic acids is 1. The van der Waals surface area contributed by atoms with Gasteiger partial charge in [0.2, 0.25) is 0 Å². The molecule has 0 saturated heterocycles. The van der Waals surface area contributed by atoms with Gasteiger partial charge in [0, 0.05) is 19.2 Å². The van der Waals surface area contributed by atoms with Crippen molar-refractivity contribution < 1.29 is 9.21 Å². The number of amides is 1. The molecule has 0 saturated carbocycles. The van der Waals surface area contributed by atoms with Gasteiger partial charge >= 0.3 is 0 Å². The van der Waals surface area contributed by atoms with Crippen LogP contribution in [0, 0.1) is 3.57 Å². The van der Waals surface area contributed by atoms with Gasteiger partial charge in [0.05, 0.1) is 15.9 Å². The summed E-state index contributed by atoms with van der Waals surface area (Å²) in [6, 6.07) is 25.0. The molecule has 5 rings (SSSR count). The van der Waals surface area contributed by atoms with Crippen molar-refractivity contribution in [2.75, 3.05) is 5.32 Å². The average Bonchev–Trinajstić information content (AvgIpc) is 3.48. The smallest absolute Gasteiger partial charge is 0.293 e. The minimum Gasteiger partial charge on any atom is -0.451 e. The number of hydrogen-bond donors (Lipinski definition) is 2. The number of aromatic nitrogens is 1. The molecular weight excluding hydrogens is 645 g/mol. The summed E-state index contributed by atoms with van der Waals surface area (Å²) in [7, 11) is 0. The fourth-order valence-electron chi connectivity index (χ4n) is 3.34. The first-order chi connectivity index (χ1) is 16.5. The Labute approximate surface area is 226 Å². The van der Waals surface area contributed by atoms with Crippen LogP contribution in [0.4, 0.5) is 5.69 Å². The average molecular weight is 660 g/mol. The minimum atomic E-state index is -0.423. The first-order valence-electron chi connectivity index (χ1n) is 10.1. The molecule has 0 unspecified atom stereocenters. The Bertz CT molecular complexity index is 1500. The van der Waals surface area contributed by atoms with E-state index in [1.54, 1.807) is 23.5 Å². The normalized spacial score (nSPS) is 10.9. The van der Waals surface area contributed by atoms with Gasteiger partial charge < -0.3 is 9.73 Å². The SMILES string of the molecule is O=C(NC(=S)Nc1ccc(I)cc1-c1nc2ccccc2s1)c1ccc(-c2ccc(Br)cc2)o1. The first-order valence-corrected chi connectivity index (χ1v) is 13.2. The molecule has 2 heterocycles. The van der Waals surface area contributed by atoms with Crippen LogP contribution in [-0.2, 0) is 0 Å². The van der Waals surface area contributed by atoms with Crippen LogP contribution in [0.5, 0.6) is 0 Å². The van der Waals surface area contributed by atoms with Crippen molar-refractivity contribution in [3.63, 3.8) is 0 Å². The Morgan fingerprint density at radius 2 is 1.82 bits per heavy atom. The van der Waals surface area contributed by atoms with Crippen LogP contribution >= 0.6 is 62.1 Å². The van der Waals surface area contributed by atoms with Crippen LogP contribution in [0.25, 0.3) is 32.1 Å². The summed E-state index contributed by atoms with van der Waals surface area (Å²) < 4.78 is 8.89. The van der Waals surface area contributed by atoms with Crippen molar-refractivity contribution in [2.24, 2.45) is 0 Å². The number of para-hydroxylation sites is 1. The van der Waals surface area contributed by atoms with Gasteiger partial charge in [-0.2, -0.15) is 0 Å². The predicted octanol–water partition coefficient (Wildman–Crippen LogP) is 7.72. The van der Waals surface area contributed by atoms with Crippen LogP contribution in [0.2, 0.25) is 0 Å². The van der Waals surface area contributed by atoms with Gasteiger partial charge in [-0.05, 0) is 89.4 Å². The fraction of sp³-hybridized carbons (Fsp3) is 0. The van der Waals surface area contributed by atoms with Crippen LogP contribution in [0.15, 0.2) is 87.8 Å². The van der Waals surface area contributed by atoms with E-state index in [1.807, 2.05) is 66.7 Å². The highest BCUT2D eigenvalue weighted by atomic mass is 127. The monoisotopic (exact) mass is 659 g/mol. The molecule has 3 aromatic carbocycles. The topological polar surface area (TPSA) is 67.2 Å². The number of nitrogens with one attached hydrogen (secondary N) is 2. The highest BCUT2D eigenvalue weighted by Crippen LogP contribution is 2.35. The maximum atomic E-state index is 12.7. The standard InChI is InChI=1S/C25H15BrIN3O2S2/c26-15-7-5-14(6-8-15)20-11-12-21(32-20)23(31)30-25(33)29-18-10-9-16(27)13-17(18)24-28-19-3-1-2-4-22(19)34-24/h1-13H,(H2,29,30,31,33). The quantitative estimate of drug-likeness (QED) is 0.153. The van der Waals surface area contributed by atoms with E-state index in [9.17, 15) is 4.79 Å². The van der Waals surface area contributed by atoms with Crippen LogP contribution in [0.1, 0.15) is 10.6 Å². The molecule has 0 atom stereocenters. The molecule has 2 aromatic heterocycles. The maximum Gasteiger partial charge on any atom is 0.293 e. The van der Waals surface area contributed by atoms with Crippen molar-refractivity contribution in [2.45, 2.75) is 0 Å². The summed E-state index contributed by atoms with van der Waals surface area (Å²) in [4.78, 5) is 17.5. The Morgan fingerprint density at radius 1 is 1.03 bits per heavy atom. The molecule has 5 nitrogen and oxygen atoms in total. The summed E-state index contributed by atoms with van der Waals surface area (Å²) in [5, 5.41) is 6.89. The van der Waals surface area contributed by atoms with E-state index in [-0.39, 0.29) is 10.9 Å². The van der Waals surface area contributed by atoms with E-state index in [0.717, 1.165) is 40.1 Å². The first kappa shape index (κ1) is 23.2. The molecule has 0 bridgehead atoms. The van der Waals surface area contributed by atoms with Crippen molar-refractivity contribution in [1.29, 1.82) is 0 Å². The number of rotatable bonds is 4. The van der Waals surface area contributed by atoms with Gasteiger partial charge in [0.15, 0.2) is 10.9 Å². The maximum absolute atomic E-state index is 12.7. The summed E-state index contributed by atoms with van der Waals surface area (Å²) in [5.41, 5.74) is 3.50. The molecule has 0 aliphatic carbocycles. The van der Waals surface area contributed by atoms with E-state index in [0.29, 0.717) is 5.76 Å². The van der Waals surface area contributed by atoms with Crippen molar-refractivity contribution in [1.82, 2.24) is 10.3 Å². The van der Waals surface area contributed by atoms with Crippen molar-refractivity contribution in [3.8, 4) is 21.9 Å². The van der Waals surface area contributed by atoms with E-state index in [1.165, 1.54) is 0 Å². The number of carbonyl (C=O) groups is 1. The summed E-state index contributed by atoms with van der Waals surface area (Å²) in [5.74, 6) is 0.358. The zero-order chi connectivity index (χ0) is 23.7. The third kappa shape index (κ3) is 5.07. The van der Waals surface area contributed by atoms with Crippen LogP contribution < -0.4 is 10.6 Å². The van der Waals surface area contributed by atoms with E-state index in [2.05, 4.69) is 49.2 Å². The second-order valence-electron chi connectivity index (χ2n) is 7.26. The van der Waals surface area contributed by atoms with Gasteiger partial charge in [-0.1, -0.05) is 40.2 Å². The lowest BCUT2D eigenvalue weighted by Crippen LogP contribution is -2.34. The number of anilines is 1. The summed E-state index contributed by atoms with van der Waals surface area (Å²) in [6.07, 6.45) is 0. The Kier molecular flexibility index (Phi) is 6.77. The Hall–Kier alpha value is -2.60. The van der Waals surface area contributed by atoms with Gasteiger partial charge in [-0.15, -0.1) is 11.3 Å². The van der Waals surface area contributed by atoms with Gasteiger partial charge in [-0.3, -0.25) is 10.1 Å². The Morgan fingerprint density at radius 3 is 2.62 bits per heavy atom. The van der Waals surface area contributed by atoms with E-state index < -0.39 is 5.91 Å². The molecule has 5 aromatic rings. The van der Waals surface area contributed by atoms with Crippen molar-refractivity contribution >= 4 is 89.0 Å². The molecule has 1 amide bonds. The lowest BCUT2D eigenvalue weighted by Gasteiger charge is -2.12. The number of nitrogens with zero attached hydrogens (tertiary/aromatic N) is 1. The minimum absolute atomic E-state index is 0.176. The van der Waals surface area contributed by atoms with Gasteiger partial charge in [-0.25, -0.2) is 4.98 Å². The molecule has 0 spiro atoms. The van der Waals surface area contributed by atoms with E-state index in [4.69, 9.17) is 21.6 Å². The van der Waals surface area contributed by atoms with Crippen LogP contribution in [-0.4, -0.2) is 16.0 Å². The second kappa shape index (κ2) is 9.95. The zero-order valence-corrected chi connectivity index (χ0v) is 22.7. The summed E-state index contributed by atoms with van der Waals surface area (Å²) >= 11 is 12.7. The molecule has 9 heteroatoms. The largest absolute Gasteiger partial charge is 0.451 e. The van der Waals surface area contributed by atoms with Gasteiger partial charge in [0.1, 0.15) is 10.8 Å². The molecule has 0 fully saturated rings. The Balaban J connectivity index is 1.33. The number of halogens is 2. The number of benzene rings is 3. The third-order valence-corrected chi connectivity index (χ3v) is 7.41. The number of fused-ring (bicyclic) bond motifs is 1. The lowest BCUT2D eigenvalue weighted by atomic mass is 10.2. The molecule has 0 radical (unpaired) electrons. The van der Waals surface area contributed by atoms with Crippen LogP contribution in [0.3, 0.4) is 0 Å². The number of thiocarbonyl (C=S) groups is 1. The molecule has 0 aliphatic rings. The molecule has 2 N–H and O–H groups in total. The highest BCUT2D eigenvalue weighted by molar-refractivity contribution is 14.1. The van der Waals surface area contributed by atoms with Gasteiger partial charge in [0.25, 0.3) is 5.91 Å². The summed E-state index contributed by atoms with van der Waals surface area (Å²) in [6.45, 7) is 0. The third-order valence-electron chi connectivity index (χ3n) is 4.94. The zero-order valence-electron chi connectivity index (χ0n) is 17.3. The molecule has 34 heavy (non-hydrogen) atoms. The molecule has 0 aliphatic heterocycles. The van der Waals surface area contributed by atoms with E-state index >= 15 is 0 Å². The lowest BCUT2D eigenvalue weighted by molar-refractivity contribution is 0.0951. The molecular formula is C25H15BrIN3O2S2. The van der Waals surface area contributed by atoms with Crippen molar-refractivity contribution in [3.05, 3.63) is 92.7 Å². The number of furan rings is 1. The number of thiazole rings is 1. The number of hydrogen-bond acceptors (Lipinski definition) is 5. The second-order valence-corrected chi connectivity index (χ2v) is 10.9.